The number of carbonyl (C=O) groups excluding carboxylic acids is 1. The lowest BCUT2D eigenvalue weighted by atomic mass is 9.89. The lowest BCUT2D eigenvalue weighted by molar-refractivity contribution is 0.0900. The number of ether oxygens (including phenoxy) is 1. The highest BCUT2D eigenvalue weighted by atomic mass is 16.5. The van der Waals surface area contributed by atoms with Crippen LogP contribution < -0.4 is 9.64 Å². The number of ketones is 1. The van der Waals surface area contributed by atoms with E-state index in [1.54, 1.807) is 13.3 Å². The molecule has 1 fully saturated rings. The second-order valence-corrected chi connectivity index (χ2v) is 5.73. The highest BCUT2D eigenvalue weighted by molar-refractivity contribution is 5.98. The van der Waals surface area contributed by atoms with Crippen LogP contribution in [0.3, 0.4) is 0 Å². The summed E-state index contributed by atoms with van der Waals surface area (Å²) in [4.78, 5) is 23.0. The second-order valence-electron chi connectivity index (χ2n) is 5.73. The molecule has 2 heterocycles. The summed E-state index contributed by atoms with van der Waals surface area (Å²) in [5.74, 6) is 1.72. The molecule has 6 nitrogen and oxygen atoms in total. The van der Waals surface area contributed by atoms with Crippen LogP contribution in [0, 0.1) is 17.2 Å². The lowest BCUT2D eigenvalue weighted by Gasteiger charge is -2.31. The molecule has 0 spiro atoms. The van der Waals surface area contributed by atoms with E-state index in [9.17, 15) is 4.79 Å². The van der Waals surface area contributed by atoms with Crippen molar-refractivity contribution in [3.8, 4) is 11.8 Å². The van der Waals surface area contributed by atoms with Crippen molar-refractivity contribution in [2.24, 2.45) is 5.92 Å². The highest BCUT2D eigenvalue weighted by Gasteiger charge is 2.26. The van der Waals surface area contributed by atoms with E-state index >= 15 is 0 Å². The number of nitrogens with zero attached hydrogens (tertiary/aromatic N) is 4. The molecule has 1 saturated heterocycles. The molecule has 0 atom stereocenters. The molecule has 1 aliphatic rings. The first-order valence-corrected chi connectivity index (χ1v) is 7.86. The van der Waals surface area contributed by atoms with Gasteiger partial charge < -0.3 is 9.64 Å². The molecule has 0 radical (unpaired) electrons. The van der Waals surface area contributed by atoms with Gasteiger partial charge in [0.25, 0.3) is 0 Å². The van der Waals surface area contributed by atoms with Crippen molar-refractivity contribution in [2.75, 3.05) is 25.1 Å². The zero-order valence-corrected chi connectivity index (χ0v) is 13.5. The van der Waals surface area contributed by atoms with Gasteiger partial charge in [-0.05, 0) is 37.1 Å². The number of anilines is 1. The van der Waals surface area contributed by atoms with Crippen molar-refractivity contribution in [3.63, 3.8) is 0 Å². The Bertz CT molecular complexity index is 742. The molecular weight excluding hydrogens is 304 g/mol. The smallest absolute Gasteiger partial charge is 0.166 e. The Labute approximate surface area is 140 Å². The van der Waals surface area contributed by atoms with Crippen LogP contribution in [0.25, 0.3) is 0 Å². The van der Waals surface area contributed by atoms with Crippen molar-refractivity contribution in [2.45, 2.75) is 12.8 Å². The molecule has 0 bridgehead atoms. The summed E-state index contributed by atoms with van der Waals surface area (Å²) in [5, 5.41) is 8.76. The number of benzene rings is 1. The van der Waals surface area contributed by atoms with Crippen LogP contribution in [0.4, 0.5) is 5.82 Å². The Morgan fingerprint density at radius 1 is 1.21 bits per heavy atom. The van der Waals surface area contributed by atoms with Crippen LogP contribution in [-0.2, 0) is 0 Å². The third kappa shape index (κ3) is 3.35. The summed E-state index contributed by atoms with van der Waals surface area (Å²) in [5.41, 5.74) is 1.04. The van der Waals surface area contributed by atoms with Gasteiger partial charge in [-0.2, -0.15) is 5.26 Å². The average molecular weight is 322 g/mol. The SMILES string of the molecule is COc1ccc(C(=O)C2CCN(c3cnc(C#N)cn3)CC2)cc1. The van der Waals surface area contributed by atoms with Gasteiger partial charge in [0.2, 0.25) is 0 Å². The summed E-state index contributed by atoms with van der Waals surface area (Å²) in [7, 11) is 1.61. The number of rotatable bonds is 4. The maximum Gasteiger partial charge on any atom is 0.166 e. The number of Topliss-reactive ketones (excluding diaryl/α,β-unsaturated/α-hetero) is 1. The molecule has 24 heavy (non-hydrogen) atoms. The Morgan fingerprint density at radius 2 is 1.92 bits per heavy atom. The molecule has 0 aliphatic carbocycles. The van der Waals surface area contributed by atoms with E-state index in [0.717, 1.165) is 43.1 Å². The van der Waals surface area contributed by atoms with Crippen LogP contribution in [0.1, 0.15) is 28.9 Å². The largest absolute Gasteiger partial charge is 0.497 e. The van der Waals surface area contributed by atoms with Gasteiger partial charge in [0, 0.05) is 24.6 Å². The van der Waals surface area contributed by atoms with Gasteiger partial charge in [-0.1, -0.05) is 0 Å². The number of carbonyl (C=O) groups is 1. The molecule has 122 valence electrons. The van der Waals surface area contributed by atoms with E-state index in [1.807, 2.05) is 30.3 Å². The average Bonchev–Trinajstić information content (AvgIpc) is 2.68. The third-order valence-electron chi connectivity index (χ3n) is 4.32. The minimum atomic E-state index is 0.0287. The van der Waals surface area contributed by atoms with E-state index in [1.165, 1.54) is 6.20 Å². The van der Waals surface area contributed by atoms with Gasteiger partial charge in [0.05, 0.1) is 19.5 Å². The first kappa shape index (κ1) is 15.9. The fraction of sp³-hybridized carbons (Fsp3) is 0.333. The molecule has 6 heteroatoms. The van der Waals surface area contributed by atoms with E-state index in [2.05, 4.69) is 14.9 Å². The first-order chi connectivity index (χ1) is 11.7. The van der Waals surface area contributed by atoms with Gasteiger partial charge in [0.1, 0.15) is 17.6 Å². The van der Waals surface area contributed by atoms with Gasteiger partial charge >= 0.3 is 0 Å². The molecule has 1 aromatic carbocycles. The zero-order valence-electron chi connectivity index (χ0n) is 13.5. The number of hydrogen-bond donors (Lipinski definition) is 0. The lowest BCUT2D eigenvalue weighted by Crippen LogP contribution is -2.36. The normalized spacial score (nSPS) is 14.9. The summed E-state index contributed by atoms with van der Waals surface area (Å²) in [6.07, 6.45) is 4.66. The maximum absolute atomic E-state index is 12.6. The minimum Gasteiger partial charge on any atom is -0.497 e. The van der Waals surface area contributed by atoms with Crippen LogP contribution >= 0.6 is 0 Å². The van der Waals surface area contributed by atoms with Crippen LogP contribution in [0.15, 0.2) is 36.7 Å². The predicted molar refractivity (Wildman–Crippen MR) is 89.0 cm³/mol. The molecule has 1 aliphatic heterocycles. The Morgan fingerprint density at radius 3 is 2.46 bits per heavy atom. The van der Waals surface area contributed by atoms with Gasteiger partial charge in [0.15, 0.2) is 11.5 Å². The number of hydrogen-bond acceptors (Lipinski definition) is 6. The van der Waals surface area contributed by atoms with Gasteiger partial charge in [-0.25, -0.2) is 9.97 Å². The van der Waals surface area contributed by atoms with Gasteiger partial charge in [-0.15, -0.1) is 0 Å². The van der Waals surface area contributed by atoms with E-state index < -0.39 is 0 Å². The zero-order chi connectivity index (χ0) is 16.9. The quantitative estimate of drug-likeness (QED) is 0.805. The van der Waals surface area contributed by atoms with Crippen molar-refractivity contribution in [3.05, 3.63) is 47.9 Å². The molecule has 0 unspecified atom stereocenters. The number of nitriles is 1. The number of methoxy groups -OCH3 is 1. The van der Waals surface area contributed by atoms with E-state index in [-0.39, 0.29) is 11.7 Å². The first-order valence-electron chi connectivity index (χ1n) is 7.86. The fourth-order valence-electron chi connectivity index (χ4n) is 2.90. The molecule has 2 aromatic rings. The Hall–Kier alpha value is -2.94. The van der Waals surface area contributed by atoms with Crippen molar-refractivity contribution in [1.29, 1.82) is 5.26 Å². The van der Waals surface area contributed by atoms with Gasteiger partial charge in [-0.3, -0.25) is 4.79 Å². The highest BCUT2D eigenvalue weighted by Crippen LogP contribution is 2.25. The minimum absolute atomic E-state index is 0.0287. The number of piperidine rings is 1. The van der Waals surface area contributed by atoms with E-state index in [4.69, 9.17) is 10.00 Å². The Kier molecular flexibility index (Phi) is 4.71. The summed E-state index contributed by atoms with van der Waals surface area (Å²) < 4.78 is 5.12. The molecule has 0 N–H and O–H groups in total. The van der Waals surface area contributed by atoms with Crippen molar-refractivity contribution >= 4 is 11.6 Å². The molecule has 3 rings (SSSR count). The topological polar surface area (TPSA) is 79.1 Å². The predicted octanol–water partition coefficient (Wildman–Crippen LogP) is 2.46. The van der Waals surface area contributed by atoms with Crippen LogP contribution in [0.2, 0.25) is 0 Å². The summed E-state index contributed by atoms with van der Waals surface area (Å²) in [6.45, 7) is 1.51. The Balaban J connectivity index is 1.61. The summed E-state index contributed by atoms with van der Waals surface area (Å²) >= 11 is 0. The summed E-state index contributed by atoms with van der Waals surface area (Å²) in [6, 6.07) is 9.23. The van der Waals surface area contributed by atoms with E-state index in [0.29, 0.717) is 5.69 Å². The van der Waals surface area contributed by atoms with Crippen molar-refractivity contribution < 1.29 is 9.53 Å². The molecule has 0 saturated carbocycles. The maximum atomic E-state index is 12.6. The fourth-order valence-corrected chi connectivity index (χ4v) is 2.90. The second kappa shape index (κ2) is 7.09. The molecule has 1 aromatic heterocycles. The number of aromatic nitrogens is 2. The van der Waals surface area contributed by atoms with Crippen LogP contribution in [0.5, 0.6) is 5.75 Å². The monoisotopic (exact) mass is 322 g/mol. The molecule has 0 amide bonds. The van der Waals surface area contributed by atoms with Crippen LogP contribution in [-0.4, -0.2) is 36.0 Å². The third-order valence-corrected chi connectivity index (χ3v) is 4.32. The molecular formula is C18H18N4O2. The standard InChI is InChI=1S/C18H18N4O2/c1-24-16-4-2-13(3-5-16)18(23)14-6-8-22(9-7-14)17-12-20-15(10-19)11-21-17/h2-5,11-12,14H,6-9H2,1H3. The van der Waals surface area contributed by atoms with Crippen molar-refractivity contribution in [1.82, 2.24) is 9.97 Å².